The molecule has 0 amide bonds. The van der Waals surface area contributed by atoms with Crippen LogP contribution in [0.3, 0.4) is 0 Å². The molecule has 0 N–H and O–H groups in total. The molecule has 0 aliphatic carbocycles. The molecule has 0 unspecified atom stereocenters. The Balaban J connectivity index is 3.91. The highest BCUT2D eigenvalue weighted by molar-refractivity contribution is 7.53. The van der Waals surface area contributed by atoms with Crippen molar-refractivity contribution in [3.63, 3.8) is 0 Å². The zero-order valence-corrected chi connectivity index (χ0v) is 21.5. The van der Waals surface area contributed by atoms with Gasteiger partial charge >= 0.3 is 19.5 Å². The maximum atomic E-state index is 13.1. The molecule has 0 aromatic carbocycles. The van der Waals surface area contributed by atoms with Crippen molar-refractivity contribution in [3.8, 4) is 0 Å². The van der Waals surface area contributed by atoms with Gasteiger partial charge in [0.2, 0.25) is 0 Å². The van der Waals surface area contributed by atoms with Crippen LogP contribution in [0.5, 0.6) is 0 Å². The molecule has 0 heterocycles. The number of rotatable bonds is 24. The second kappa shape index (κ2) is 22.4. The first-order valence-electron chi connectivity index (χ1n) is 12.4. The Bertz CT molecular complexity index is 535. The third-order valence-corrected chi connectivity index (χ3v) is 7.03. The topological polar surface area (TPSA) is 88.1 Å². The quantitative estimate of drug-likeness (QED) is 0.0641. The summed E-state index contributed by atoms with van der Waals surface area (Å²) in [4.78, 5) is 21.9. The first-order valence-corrected chi connectivity index (χ1v) is 14.2. The van der Waals surface area contributed by atoms with Crippen molar-refractivity contribution in [2.75, 3.05) is 32.6 Å². The van der Waals surface area contributed by atoms with Gasteiger partial charge in [0.1, 0.15) is 0 Å². The average Bonchev–Trinajstić information content (AvgIpc) is 2.81. The van der Waals surface area contributed by atoms with E-state index in [1.807, 2.05) is 0 Å². The molecule has 8 heteroatoms. The van der Waals surface area contributed by atoms with Crippen LogP contribution in [-0.4, -0.2) is 44.5 Å². The molecule has 0 spiro atoms. The Labute approximate surface area is 200 Å². The minimum atomic E-state index is -3.04. The van der Waals surface area contributed by atoms with Crippen molar-refractivity contribution in [1.29, 1.82) is 0 Å². The van der Waals surface area contributed by atoms with Crippen molar-refractivity contribution >= 4 is 19.5 Å². The van der Waals surface area contributed by atoms with E-state index in [2.05, 4.69) is 20.1 Å². The van der Waals surface area contributed by atoms with Gasteiger partial charge in [0.15, 0.2) is 0 Å². The van der Waals surface area contributed by atoms with Gasteiger partial charge in [-0.2, -0.15) is 0 Å². The minimum Gasteiger partial charge on any atom is -0.463 e. The third kappa shape index (κ3) is 20.9. The second-order valence-electron chi connectivity index (χ2n) is 7.99. The van der Waals surface area contributed by atoms with Gasteiger partial charge in [0.05, 0.1) is 32.6 Å². The summed E-state index contributed by atoms with van der Waals surface area (Å²) in [5, 5.41) is 0. The van der Waals surface area contributed by atoms with Gasteiger partial charge in [-0.25, -0.2) is 9.59 Å². The molecule has 0 saturated carbocycles. The molecule has 0 aliphatic heterocycles. The molecular weight excluding hydrogens is 443 g/mol. The van der Waals surface area contributed by atoms with Crippen LogP contribution in [-0.2, 0) is 32.7 Å². The molecule has 0 radical (unpaired) electrons. The Morgan fingerprint density at radius 2 is 1.03 bits per heavy atom. The number of hydrogen-bond donors (Lipinski definition) is 0. The van der Waals surface area contributed by atoms with E-state index in [-0.39, 0.29) is 11.9 Å². The van der Waals surface area contributed by atoms with Crippen LogP contribution in [0.1, 0.15) is 90.4 Å². The van der Waals surface area contributed by atoms with Crippen molar-refractivity contribution in [3.05, 3.63) is 25.3 Å². The first-order chi connectivity index (χ1) is 16.0. The molecule has 0 atom stereocenters. The maximum absolute atomic E-state index is 13.1. The molecule has 0 saturated heterocycles. The van der Waals surface area contributed by atoms with E-state index in [1.165, 1.54) is 12.2 Å². The van der Waals surface area contributed by atoms with E-state index in [9.17, 15) is 14.2 Å². The Morgan fingerprint density at radius 1 is 0.636 bits per heavy atom. The van der Waals surface area contributed by atoms with E-state index >= 15 is 0 Å². The normalized spacial score (nSPS) is 11.2. The lowest BCUT2D eigenvalue weighted by Gasteiger charge is -2.18. The maximum Gasteiger partial charge on any atom is 0.330 e. The number of unbranched alkanes of at least 4 members (excludes halogenated alkanes) is 10. The Morgan fingerprint density at radius 3 is 1.42 bits per heavy atom. The molecule has 33 heavy (non-hydrogen) atoms. The van der Waals surface area contributed by atoms with Crippen molar-refractivity contribution in [2.45, 2.75) is 90.4 Å². The second-order valence-corrected chi connectivity index (χ2v) is 10.2. The van der Waals surface area contributed by atoms with Crippen LogP contribution >= 0.6 is 7.60 Å². The number of hydrogen-bond acceptors (Lipinski definition) is 7. The number of carbonyl (C=O) groups excluding carboxylic acids is 2. The molecule has 7 nitrogen and oxygen atoms in total. The fourth-order valence-electron chi connectivity index (χ4n) is 3.06. The number of esters is 2. The van der Waals surface area contributed by atoms with Gasteiger partial charge < -0.3 is 18.5 Å². The van der Waals surface area contributed by atoms with E-state index in [1.54, 1.807) is 0 Å². The van der Waals surface area contributed by atoms with Crippen LogP contribution in [0.25, 0.3) is 0 Å². The van der Waals surface area contributed by atoms with Crippen molar-refractivity contribution < 1.29 is 32.7 Å². The SMILES string of the molecule is C=CC(=O)OCCCCCCCOP(=O)(CCCCC)OCCCCCCCOC(=O)C=C. The van der Waals surface area contributed by atoms with Gasteiger partial charge in [-0.1, -0.05) is 71.4 Å². The molecule has 0 aromatic heterocycles. The van der Waals surface area contributed by atoms with Gasteiger partial charge in [0.25, 0.3) is 0 Å². The average molecular weight is 489 g/mol. The predicted octanol–water partition coefficient (Wildman–Crippen LogP) is 6.76. The highest BCUT2D eigenvalue weighted by Gasteiger charge is 2.23. The van der Waals surface area contributed by atoms with Gasteiger partial charge in [-0.15, -0.1) is 0 Å². The van der Waals surface area contributed by atoms with Crippen LogP contribution < -0.4 is 0 Å². The van der Waals surface area contributed by atoms with Gasteiger partial charge in [-0.3, -0.25) is 4.57 Å². The zero-order chi connectivity index (χ0) is 24.6. The lowest BCUT2D eigenvalue weighted by molar-refractivity contribution is -0.138. The fraction of sp³-hybridized carbons (Fsp3) is 0.760. The monoisotopic (exact) mass is 488 g/mol. The number of carbonyl (C=O) groups is 2. The smallest absolute Gasteiger partial charge is 0.330 e. The summed E-state index contributed by atoms with van der Waals surface area (Å²) in [7, 11) is -3.04. The summed E-state index contributed by atoms with van der Waals surface area (Å²) in [5.74, 6) is -0.762. The fourth-order valence-corrected chi connectivity index (χ4v) is 4.82. The van der Waals surface area contributed by atoms with Gasteiger partial charge in [-0.05, 0) is 32.1 Å². The predicted molar refractivity (Wildman–Crippen MR) is 132 cm³/mol. The third-order valence-electron chi connectivity index (χ3n) is 5.01. The van der Waals surface area contributed by atoms with E-state index in [0.717, 1.165) is 83.5 Å². The van der Waals surface area contributed by atoms with Crippen molar-refractivity contribution in [1.82, 2.24) is 0 Å². The Hall–Kier alpha value is -1.43. The van der Waals surface area contributed by atoms with E-state index in [4.69, 9.17) is 18.5 Å². The summed E-state index contributed by atoms with van der Waals surface area (Å²) in [6, 6.07) is 0. The van der Waals surface area contributed by atoms with Crippen LogP contribution in [0.15, 0.2) is 25.3 Å². The highest BCUT2D eigenvalue weighted by Crippen LogP contribution is 2.49. The molecule has 0 aromatic rings. The van der Waals surface area contributed by atoms with Crippen LogP contribution in [0, 0.1) is 0 Å². The van der Waals surface area contributed by atoms with E-state index in [0.29, 0.717) is 32.6 Å². The lowest BCUT2D eigenvalue weighted by atomic mass is 10.1. The summed E-state index contributed by atoms with van der Waals surface area (Å²) >= 11 is 0. The molecule has 0 rings (SSSR count). The number of ether oxygens (including phenoxy) is 2. The summed E-state index contributed by atoms with van der Waals surface area (Å²) in [5.41, 5.74) is 0. The molecule has 0 bridgehead atoms. The molecule has 192 valence electrons. The van der Waals surface area contributed by atoms with Crippen LogP contribution in [0.2, 0.25) is 0 Å². The largest absolute Gasteiger partial charge is 0.463 e. The van der Waals surface area contributed by atoms with E-state index < -0.39 is 7.60 Å². The summed E-state index contributed by atoms with van der Waals surface area (Å²) in [6.45, 7) is 10.6. The molecule has 0 fully saturated rings. The molecular formula is C25H45O7P. The molecule has 0 aliphatic rings. The minimum absolute atomic E-state index is 0.381. The van der Waals surface area contributed by atoms with Gasteiger partial charge in [0, 0.05) is 12.2 Å². The summed E-state index contributed by atoms with van der Waals surface area (Å²) in [6.07, 6.45) is 15.0. The van der Waals surface area contributed by atoms with Crippen LogP contribution in [0.4, 0.5) is 0 Å². The zero-order valence-electron chi connectivity index (χ0n) is 20.6. The summed E-state index contributed by atoms with van der Waals surface area (Å²) < 4.78 is 34.4. The highest BCUT2D eigenvalue weighted by atomic mass is 31.2. The standard InChI is InChI=1S/C25H45O7P/c1-4-7-18-23-33(28,31-21-16-12-8-10-14-19-29-24(26)5-2)32-22-17-13-9-11-15-20-30-25(27)6-3/h5-6H,2-4,7-23H2,1H3. The lowest BCUT2D eigenvalue weighted by Crippen LogP contribution is -2.04. The van der Waals surface area contributed by atoms with Crippen molar-refractivity contribution in [2.24, 2.45) is 0 Å². The Kier molecular flexibility index (Phi) is 21.4. The first kappa shape index (κ1) is 31.6.